The molecule has 0 N–H and O–H groups in total. The molecular weight excluding hydrogens is 441 g/mol. The molecule has 0 aliphatic heterocycles. The molecule has 174 valence electrons. The zero-order valence-electron chi connectivity index (χ0n) is 19.9. The number of hydrogen-bond donors (Lipinski definition) is 0. The molecule has 0 radical (unpaired) electrons. The number of carbonyl (C=O) groups is 1. The van der Waals surface area contributed by atoms with Gasteiger partial charge in [-0.05, 0) is 63.3 Å². The highest BCUT2D eigenvalue weighted by molar-refractivity contribution is 7.19. The Morgan fingerprint density at radius 2 is 1.91 bits per heavy atom. The Kier molecular flexibility index (Phi) is 8.94. The van der Waals surface area contributed by atoms with Gasteiger partial charge in [-0.3, -0.25) is 4.90 Å². The Bertz CT molecular complexity index is 1200. The fourth-order valence-corrected chi connectivity index (χ4v) is 3.38. The van der Waals surface area contributed by atoms with E-state index >= 15 is 0 Å². The maximum absolute atomic E-state index is 14.3. The third-order valence-corrected chi connectivity index (χ3v) is 4.96. The van der Waals surface area contributed by atoms with Crippen molar-refractivity contribution in [3.05, 3.63) is 52.9 Å². The van der Waals surface area contributed by atoms with Gasteiger partial charge >= 0.3 is 6.09 Å². The molecule has 0 bridgehead atoms. The highest BCUT2D eigenvalue weighted by Gasteiger charge is 2.21. The minimum atomic E-state index is -0.763. The molecule has 0 saturated carbocycles. The van der Waals surface area contributed by atoms with Crippen molar-refractivity contribution < 1.29 is 18.7 Å². The van der Waals surface area contributed by atoms with Crippen LogP contribution in [0.4, 0.5) is 15.0 Å². The van der Waals surface area contributed by atoms with Gasteiger partial charge in [0.25, 0.3) is 0 Å². The third-order valence-electron chi connectivity index (χ3n) is 3.97. The van der Waals surface area contributed by atoms with Gasteiger partial charge in [0.15, 0.2) is 0 Å². The molecular formula is C25H28FN3O3S. The number of hydrogen-bond acceptors (Lipinski definition) is 6. The lowest BCUT2D eigenvalue weighted by Crippen LogP contribution is -2.34. The van der Waals surface area contributed by atoms with Crippen molar-refractivity contribution in [2.24, 2.45) is 0 Å². The zero-order chi connectivity index (χ0) is 24.6. The molecule has 2 heterocycles. The number of aromatic nitrogens is 2. The van der Waals surface area contributed by atoms with Gasteiger partial charge < -0.3 is 9.47 Å². The van der Waals surface area contributed by atoms with E-state index in [1.54, 1.807) is 40.0 Å². The van der Waals surface area contributed by atoms with Gasteiger partial charge in [0, 0.05) is 7.05 Å². The Hall–Kier alpha value is -3.44. The number of fused-ring (bicyclic) bond motifs is 1. The summed E-state index contributed by atoms with van der Waals surface area (Å²) in [5, 5.41) is 0.783. The van der Waals surface area contributed by atoms with Crippen molar-refractivity contribution in [2.75, 3.05) is 19.1 Å². The molecule has 0 aliphatic rings. The highest BCUT2D eigenvalue weighted by atomic mass is 32.1. The number of methoxy groups -OCH3 is 1. The van der Waals surface area contributed by atoms with Crippen molar-refractivity contribution in [3.8, 4) is 17.6 Å². The van der Waals surface area contributed by atoms with Gasteiger partial charge in [-0.2, -0.15) is 4.39 Å². The third kappa shape index (κ3) is 7.29. The van der Waals surface area contributed by atoms with Gasteiger partial charge in [-0.15, -0.1) is 11.3 Å². The van der Waals surface area contributed by atoms with Crippen LogP contribution >= 0.6 is 11.3 Å². The summed E-state index contributed by atoms with van der Waals surface area (Å²) in [7, 11) is 3.09. The molecule has 1 aromatic carbocycles. The second-order valence-electron chi connectivity index (χ2n) is 7.54. The first-order valence-corrected chi connectivity index (χ1v) is 11.2. The van der Waals surface area contributed by atoms with Crippen molar-refractivity contribution >= 4 is 39.5 Å². The van der Waals surface area contributed by atoms with Crippen LogP contribution in [0.5, 0.6) is 5.75 Å². The monoisotopic (exact) mass is 469 g/mol. The zero-order valence-corrected chi connectivity index (χ0v) is 20.7. The van der Waals surface area contributed by atoms with E-state index in [0.717, 1.165) is 25.9 Å². The van der Waals surface area contributed by atoms with E-state index in [0.29, 0.717) is 0 Å². The van der Waals surface area contributed by atoms with E-state index in [1.165, 1.54) is 30.5 Å². The lowest BCUT2D eigenvalue weighted by atomic mass is 10.2. The average Bonchev–Trinajstić information content (AvgIpc) is 3.19. The van der Waals surface area contributed by atoms with Crippen LogP contribution in [0, 0.1) is 17.8 Å². The van der Waals surface area contributed by atoms with Crippen LogP contribution in [0.15, 0.2) is 36.4 Å². The van der Waals surface area contributed by atoms with E-state index in [1.807, 2.05) is 32.0 Å². The standard InChI is InChI=1S/C23H22FN3O3S.C2H6/c1-23(2,3)30-22(28)27(4)19-13-10-15(21(24)26-19)8-6-7-9-20-25-17-12-11-16(29-5)14-18(17)31-20;1-2/h7,9-14H,1-5H3;1-2H3/b9-7+;. The van der Waals surface area contributed by atoms with Crippen LogP contribution in [0.2, 0.25) is 0 Å². The number of benzene rings is 1. The van der Waals surface area contributed by atoms with Crippen LogP contribution in [-0.2, 0) is 4.74 Å². The van der Waals surface area contributed by atoms with E-state index in [9.17, 15) is 9.18 Å². The summed E-state index contributed by atoms with van der Waals surface area (Å²) < 4.78 is 25.8. The molecule has 0 fully saturated rings. The first kappa shape index (κ1) is 25.8. The lowest BCUT2D eigenvalue weighted by Gasteiger charge is -2.24. The number of ether oxygens (including phenoxy) is 2. The lowest BCUT2D eigenvalue weighted by molar-refractivity contribution is 0.0588. The van der Waals surface area contributed by atoms with Crippen LogP contribution in [0.3, 0.4) is 0 Å². The Labute approximate surface area is 198 Å². The maximum atomic E-state index is 14.3. The molecule has 3 aromatic rings. The first-order chi connectivity index (χ1) is 15.7. The van der Waals surface area contributed by atoms with Crippen LogP contribution in [-0.4, -0.2) is 35.8 Å². The molecule has 3 rings (SSSR count). The number of halogens is 1. The first-order valence-electron chi connectivity index (χ1n) is 10.4. The van der Waals surface area contributed by atoms with Crippen LogP contribution < -0.4 is 9.64 Å². The van der Waals surface area contributed by atoms with E-state index < -0.39 is 17.6 Å². The van der Waals surface area contributed by atoms with Crippen molar-refractivity contribution in [3.63, 3.8) is 0 Å². The van der Waals surface area contributed by atoms with E-state index in [-0.39, 0.29) is 11.4 Å². The SMILES string of the molecule is CC.COc1ccc2nc(/C=C/C#Cc3ccc(N(C)C(=O)OC(C)(C)C)nc3F)sc2c1. The second-order valence-corrected chi connectivity index (χ2v) is 8.60. The minimum absolute atomic E-state index is 0.125. The molecule has 8 heteroatoms. The molecule has 0 saturated heterocycles. The van der Waals surface area contributed by atoms with E-state index in [2.05, 4.69) is 21.8 Å². The predicted octanol–water partition coefficient (Wildman–Crippen LogP) is 6.30. The molecule has 33 heavy (non-hydrogen) atoms. The normalized spacial score (nSPS) is 10.8. The molecule has 0 unspecified atom stereocenters. The number of amides is 1. The number of carbonyl (C=O) groups excluding carboxylic acids is 1. The molecule has 0 aliphatic carbocycles. The largest absolute Gasteiger partial charge is 0.497 e. The van der Waals surface area contributed by atoms with Gasteiger partial charge in [-0.1, -0.05) is 25.7 Å². The predicted molar refractivity (Wildman–Crippen MR) is 132 cm³/mol. The fourth-order valence-electron chi connectivity index (χ4n) is 2.48. The van der Waals surface area contributed by atoms with Crippen molar-refractivity contribution in [2.45, 2.75) is 40.2 Å². The fraction of sp³-hybridized carbons (Fsp3) is 0.320. The summed E-state index contributed by atoms with van der Waals surface area (Å²) in [6.07, 6.45) is 2.75. The molecule has 1 amide bonds. The summed E-state index contributed by atoms with van der Waals surface area (Å²) in [6, 6.07) is 8.66. The highest BCUT2D eigenvalue weighted by Crippen LogP contribution is 2.26. The number of allylic oxidation sites excluding steroid dienone is 1. The van der Waals surface area contributed by atoms with Crippen LogP contribution in [0.25, 0.3) is 16.3 Å². The number of nitrogens with zero attached hydrogens (tertiary/aromatic N) is 3. The number of rotatable bonds is 3. The van der Waals surface area contributed by atoms with Gasteiger partial charge in [-0.25, -0.2) is 14.8 Å². The summed E-state index contributed by atoms with van der Waals surface area (Å²) in [5.74, 6) is 5.65. The Morgan fingerprint density at radius 1 is 1.18 bits per heavy atom. The quantitative estimate of drug-likeness (QED) is 0.333. The van der Waals surface area contributed by atoms with Crippen LogP contribution in [0.1, 0.15) is 45.2 Å². The Morgan fingerprint density at radius 3 is 2.55 bits per heavy atom. The second kappa shape index (κ2) is 11.4. The molecule has 2 aromatic heterocycles. The maximum Gasteiger partial charge on any atom is 0.415 e. The minimum Gasteiger partial charge on any atom is -0.497 e. The molecule has 0 atom stereocenters. The van der Waals surface area contributed by atoms with E-state index in [4.69, 9.17) is 9.47 Å². The molecule has 6 nitrogen and oxygen atoms in total. The number of thiazole rings is 1. The number of anilines is 1. The molecule has 0 spiro atoms. The van der Waals surface area contributed by atoms with Gasteiger partial charge in [0.1, 0.15) is 22.2 Å². The van der Waals surface area contributed by atoms with Crippen molar-refractivity contribution in [1.29, 1.82) is 0 Å². The summed E-state index contributed by atoms with van der Waals surface area (Å²) in [6.45, 7) is 9.26. The van der Waals surface area contributed by atoms with Gasteiger partial charge in [0.2, 0.25) is 5.95 Å². The smallest absolute Gasteiger partial charge is 0.415 e. The number of pyridine rings is 1. The van der Waals surface area contributed by atoms with Crippen molar-refractivity contribution in [1.82, 2.24) is 9.97 Å². The average molecular weight is 470 g/mol. The summed E-state index contributed by atoms with van der Waals surface area (Å²) in [5.41, 5.74) is 0.343. The van der Waals surface area contributed by atoms with Gasteiger partial charge in [0.05, 0.1) is 22.9 Å². The topological polar surface area (TPSA) is 64.5 Å². The summed E-state index contributed by atoms with van der Waals surface area (Å²) >= 11 is 1.51. The Balaban J connectivity index is 0.00000187. The summed E-state index contributed by atoms with van der Waals surface area (Å²) in [4.78, 5) is 21.6.